The Morgan fingerprint density at radius 1 is 1.32 bits per heavy atom. The third kappa shape index (κ3) is 4.04. The van der Waals surface area contributed by atoms with E-state index in [1.54, 1.807) is 6.07 Å². The maximum atomic E-state index is 12.2. The number of carboxylic acids is 1. The number of rotatable bonds is 7. The van der Waals surface area contributed by atoms with Crippen molar-refractivity contribution >= 4 is 16.0 Å². The van der Waals surface area contributed by atoms with Gasteiger partial charge in [0.05, 0.1) is 10.5 Å². The SMILES string of the molecule is CCCCNS(=O)(=O)c1cc(C(=O)O)ccc1CC. The molecule has 0 aromatic heterocycles. The highest BCUT2D eigenvalue weighted by molar-refractivity contribution is 7.89. The van der Waals surface area contributed by atoms with Gasteiger partial charge in [-0.2, -0.15) is 0 Å². The fraction of sp³-hybridized carbons (Fsp3) is 0.462. The molecule has 0 radical (unpaired) electrons. The lowest BCUT2D eigenvalue weighted by molar-refractivity contribution is 0.0696. The van der Waals surface area contributed by atoms with Crippen molar-refractivity contribution in [2.45, 2.75) is 38.0 Å². The molecule has 0 saturated carbocycles. The Morgan fingerprint density at radius 3 is 2.53 bits per heavy atom. The lowest BCUT2D eigenvalue weighted by Crippen LogP contribution is -2.26. The van der Waals surface area contributed by atoms with Crippen molar-refractivity contribution < 1.29 is 18.3 Å². The zero-order valence-corrected chi connectivity index (χ0v) is 12.0. The highest BCUT2D eigenvalue weighted by atomic mass is 32.2. The Bertz CT molecular complexity index is 552. The number of nitrogens with one attached hydrogen (secondary N) is 1. The van der Waals surface area contributed by atoms with E-state index in [0.29, 0.717) is 18.5 Å². The molecule has 0 aliphatic rings. The molecular formula is C13H19NO4S. The van der Waals surface area contributed by atoms with Gasteiger partial charge >= 0.3 is 5.97 Å². The zero-order valence-electron chi connectivity index (χ0n) is 11.1. The second-order valence-corrected chi connectivity index (χ2v) is 5.97. The molecular weight excluding hydrogens is 266 g/mol. The second-order valence-electron chi connectivity index (χ2n) is 4.23. The monoisotopic (exact) mass is 285 g/mol. The predicted octanol–water partition coefficient (Wildman–Crippen LogP) is 2.03. The molecule has 0 aliphatic carbocycles. The van der Waals surface area contributed by atoms with Gasteiger partial charge in [-0.1, -0.05) is 26.3 Å². The molecule has 0 aliphatic heterocycles. The number of carboxylic acid groups (broad SMARTS) is 1. The van der Waals surface area contributed by atoms with Crippen LogP contribution < -0.4 is 4.72 Å². The summed E-state index contributed by atoms with van der Waals surface area (Å²) in [5.74, 6) is -1.13. The van der Waals surface area contributed by atoms with Crippen LogP contribution in [0.25, 0.3) is 0 Å². The van der Waals surface area contributed by atoms with Gasteiger partial charge in [-0.15, -0.1) is 0 Å². The number of carbonyl (C=O) groups is 1. The van der Waals surface area contributed by atoms with Crippen molar-refractivity contribution in [3.05, 3.63) is 29.3 Å². The summed E-state index contributed by atoms with van der Waals surface area (Å²) in [5, 5.41) is 8.94. The summed E-state index contributed by atoms with van der Waals surface area (Å²) in [6.45, 7) is 4.16. The van der Waals surface area contributed by atoms with Gasteiger partial charge in [0.1, 0.15) is 0 Å². The predicted molar refractivity (Wildman–Crippen MR) is 72.9 cm³/mol. The molecule has 106 valence electrons. The number of aromatic carboxylic acids is 1. The van der Waals surface area contributed by atoms with Gasteiger partial charge in [0.15, 0.2) is 0 Å². The molecule has 0 atom stereocenters. The summed E-state index contributed by atoms with van der Waals surface area (Å²) in [4.78, 5) is 11.0. The van der Waals surface area contributed by atoms with Crippen LogP contribution in [-0.4, -0.2) is 26.0 Å². The van der Waals surface area contributed by atoms with Crippen LogP contribution in [0.3, 0.4) is 0 Å². The number of aryl methyl sites for hydroxylation is 1. The van der Waals surface area contributed by atoms with Gasteiger partial charge in [-0.3, -0.25) is 0 Å². The van der Waals surface area contributed by atoms with E-state index in [9.17, 15) is 13.2 Å². The Morgan fingerprint density at radius 2 is 2.00 bits per heavy atom. The minimum atomic E-state index is -3.64. The molecule has 0 fully saturated rings. The first-order valence-electron chi connectivity index (χ1n) is 6.28. The first kappa shape index (κ1) is 15.7. The fourth-order valence-electron chi connectivity index (χ4n) is 1.69. The van der Waals surface area contributed by atoms with Crippen LogP contribution in [0.2, 0.25) is 0 Å². The highest BCUT2D eigenvalue weighted by Crippen LogP contribution is 2.18. The van der Waals surface area contributed by atoms with Gasteiger partial charge < -0.3 is 5.11 Å². The molecule has 0 saturated heterocycles. The van der Waals surface area contributed by atoms with Crippen LogP contribution in [0.1, 0.15) is 42.6 Å². The Hall–Kier alpha value is -1.40. The number of benzene rings is 1. The topological polar surface area (TPSA) is 83.5 Å². The quantitative estimate of drug-likeness (QED) is 0.751. The van der Waals surface area contributed by atoms with E-state index >= 15 is 0 Å². The highest BCUT2D eigenvalue weighted by Gasteiger charge is 2.19. The first-order chi connectivity index (χ1) is 8.92. The Labute approximate surface area is 113 Å². The summed E-state index contributed by atoms with van der Waals surface area (Å²) >= 11 is 0. The molecule has 0 bridgehead atoms. The fourth-order valence-corrected chi connectivity index (χ4v) is 3.10. The molecule has 0 spiro atoms. The van der Waals surface area contributed by atoms with Gasteiger partial charge in [0.2, 0.25) is 10.0 Å². The van der Waals surface area contributed by atoms with Crippen LogP contribution in [0.15, 0.2) is 23.1 Å². The van der Waals surface area contributed by atoms with Crippen LogP contribution >= 0.6 is 0 Å². The third-order valence-electron chi connectivity index (χ3n) is 2.81. The molecule has 0 amide bonds. The van der Waals surface area contributed by atoms with E-state index in [0.717, 1.165) is 12.8 Å². The molecule has 6 heteroatoms. The normalized spacial score (nSPS) is 11.5. The molecule has 1 rings (SSSR count). The smallest absolute Gasteiger partial charge is 0.335 e. The third-order valence-corrected chi connectivity index (χ3v) is 4.35. The van der Waals surface area contributed by atoms with E-state index < -0.39 is 16.0 Å². The van der Waals surface area contributed by atoms with Crippen LogP contribution in [0, 0.1) is 0 Å². The van der Waals surface area contributed by atoms with E-state index in [2.05, 4.69) is 4.72 Å². The van der Waals surface area contributed by atoms with E-state index in [1.165, 1.54) is 12.1 Å². The Kier molecular flexibility index (Phi) is 5.50. The van der Waals surface area contributed by atoms with E-state index in [-0.39, 0.29) is 10.5 Å². The summed E-state index contributed by atoms with van der Waals surface area (Å²) in [5.41, 5.74) is 0.599. The van der Waals surface area contributed by atoms with Crippen molar-refractivity contribution in [1.29, 1.82) is 0 Å². The van der Waals surface area contributed by atoms with E-state index in [1.807, 2.05) is 13.8 Å². The first-order valence-corrected chi connectivity index (χ1v) is 7.76. The second kappa shape index (κ2) is 6.68. The van der Waals surface area contributed by atoms with Crippen LogP contribution in [-0.2, 0) is 16.4 Å². The maximum Gasteiger partial charge on any atom is 0.335 e. The van der Waals surface area contributed by atoms with E-state index in [4.69, 9.17) is 5.11 Å². The molecule has 5 nitrogen and oxygen atoms in total. The van der Waals surface area contributed by atoms with Crippen molar-refractivity contribution in [3.8, 4) is 0 Å². The van der Waals surface area contributed by atoms with Crippen LogP contribution in [0.4, 0.5) is 0 Å². The summed E-state index contributed by atoms with van der Waals surface area (Å²) in [6, 6.07) is 4.19. The van der Waals surface area contributed by atoms with Crippen LogP contribution in [0.5, 0.6) is 0 Å². The molecule has 0 heterocycles. The van der Waals surface area contributed by atoms with Gasteiger partial charge in [-0.05, 0) is 30.5 Å². The summed E-state index contributed by atoms with van der Waals surface area (Å²) in [7, 11) is -3.64. The van der Waals surface area contributed by atoms with Crippen molar-refractivity contribution in [3.63, 3.8) is 0 Å². The number of hydrogen-bond donors (Lipinski definition) is 2. The lowest BCUT2D eigenvalue weighted by Gasteiger charge is -2.11. The van der Waals surface area contributed by atoms with Gasteiger partial charge in [0, 0.05) is 6.54 Å². The molecule has 1 aromatic rings. The summed E-state index contributed by atoms with van der Waals surface area (Å²) < 4.78 is 26.8. The summed E-state index contributed by atoms with van der Waals surface area (Å²) in [6.07, 6.45) is 2.17. The molecule has 19 heavy (non-hydrogen) atoms. The van der Waals surface area contributed by atoms with Gasteiger partial charge in [-0.25, -0.2) is 17.9 Å². The average molecular weight is 285 g/mol. The van der Waals surface area contributed by atoms with Crippen molar-refractivity contribution in [2.75, 3.05) is 6.54 Å². The lowest BCUT2D eigenvalue weighted by atomic mass is 10.1. The van der Waals surface area contributed by atoms with Crippen molar-refractivity contribution in [2.24, 2.45) is 0 Å². The van der Waals surface area contributed by atoms with Gasteiger partial charge in [0.25, 0.3) is 0 Å². The minimum absolute atomic E-state index is 0.0203. The maximum absolute atomic E-state index is 12.2. The number of sulfonamides is 1. The average Bonchev–Trinajstić information content (AvgIpc) is 2.38. The molecule has 0 unspecified atom stereocenters. The molecule has 1 aromatic carbocycles. The zero-order chi connectivity index (χ0) is 14.5. The molecule has 2 N–H and O–H groups in total. The number of unbranched alkanes of at least 4 members (excludes halogenated alkanes) is 1. The standard InChI is InChI=1S/C13H19NO4S/c1-3-5-8-14-19(17,18)12-9-11(13(15)16)7-6-10(12)4-2/h6-7,9,14H,3-5,8H2,1-2H3,(H,15,16). The Balaban J connectivity index is 3.15. The van der Waals surface area contributed by atoms with Crippen molar-refractivity contribution in [1.82, 2.24) is 4.72 Å². The minimum Gasteiger partial charge on any atom is -0.478 e. The largest absolute Gasteiger partial charge is 0.478 e. The number of hydrogen-bond acceptors (Lipinski definition) is 3.